The molecule has 13 nitrogen and oxygen atoms in total. The van der Waals surface area contributed by atoms with E-state index in [4.69, 9.17) is 15.2 Å². The van der Waals surface area contributed by atoms with E-state index >= 15 is 0 Å². The van der Waals surface area contributed by atoms with Crippen LogP contribution in [0, 0.1) is 10.1 Å². The zero-order valence-corrected chi connectivity index (χ0v) is 19.4. The summed E-state index contributed by atoms with van der Waals surface area (Å²) in [5, 5.41) is 15.7. The van der Waals surface area contributed by atoms with Crippen molar-refractivity contribution in [3.63, 3.8) is 0 Å². The number of aliphatic imine (C=N–C) groups is 1. The van der Waals surface area contributed by atoms with Gasteiger partial charge in [0.05, 0.1) is 11.5 Å². The van der Waals surface area contributed by atoms with Gasteiger partial charge in [-0.25, -0.2) is 9.59 Å². The van der Waals surface area contributed by atoms with Crippen LogP contribution in [0.25, 0.3) is 0 Å². The molecule has 0 bridgehead atoms. The Balaban J connectivity index is 1.65. The van der Waals surface area contributed by atoms with Gasteiger partial charge in [0.15, 0.2) is 5.96 Å². The summed E-state index contributed by atoms with van der Waals surface area (Å²) in [4.78, 5) is 51.6. The van der Waals surface area contributed by atoms with Crippen molar-refractivity contribution in [3.8, 4) is 0 Å². The number of carbonyl (C=O) groups excluding carboxylic acids is 3. The zero-order valence-electron chi connectivity index (χ0n) is 19.4. The van der Waals surface area contributed by atoms with Crippen molar-refractivity contribution >= 4 is 29.7 Å². The minimum absolute atomic E-state index is 0.0444. The van der Waals surface area contributed by atoms with Crippen LogP contribution in [-0.4, -0.2) is 65.2 Å². The SMILES string of the molecule is CC(C)(C)OC(=O)N1CC[C@H](NC(=O)CCN=C(N)NC(=O)OCc2ccc([N+](=O)[O-])cc2)C1. The molecule has 0 unspecified atom stereocenters. The molecule has 1 aliphatic rings. The summed E-state index contributed by atoms with van der Waals surface area (Å²) in [7, 11) is 0. The minimum atomic E-state index is -0.850. The Morgan fingerprint density at radius 1 is 1.26 bits per heavy atom. The van der Waals surface area contributed by atoms with Crippen LogP contribution < -0.4 is 16.4 Å². The number of ether oxygens (including phenoxy) is 2. The number of guanidine groups is 1. The van der Waals surface area contributed by atoms with Crippen molar-refractivity contribution in [2.24, 2.45) is 10.7 Å². The molecule has 3 amide bonds. The average molecular weight is 479 g/mol. The minimum Gasteiger partial charge on any atom is -0.444 e. The number of non-ortho nitro benzene ring substituents is 1. The lowest BCUT2D eigenvalue weighted by atomic mass is 10.2. The lowest BCUT2D eigenvalue weighted by Gasteiger charge is -2.24. The number of rotatable bonds is 7. The maximum absolute atomic E-state index is 12.1. The molecule has 34 heavy (non-hydrogen) atoms. The van der Waals surface area contributed by atoms with Crippen LogP contribution in [0.4, 0.5) is 15.3 Å². The molecule has 186 valence electrons. The third-order valence-electron chi connectivity index (χ3n) is 4.57. The van der Waals surface area contributed by atoms with Gasteiger partial charge < -0.3 is 25.4 Å². The van der Waals surface area contributed by atoms with Crippen LogP contribution >= 0.6 is 0 Å². The van der Waals surface area contributed by atoms with Gasteiger partial charge in [-0.2, -0.15) is 0 Å². The van der Waals surface area contributed by atoms with E-state index in [1.54, 1.807) is 25.7 Å². The Kier molecular flexibility index (Phi) is 9.16. The lowest BCUT2D eigenvalue weighted by molar-refractivity contribution is -0.384. The molecule has 1 aromatic carbocycles. The van der Waals surface area contributed by atoms with Crippen molar-refractivity contribution < 1.29 is 28.8 Å². The van der Waals surface area contributed by atoms with Crippen molar-refractivity contribution in [2.45, 2.75) is 51.9 Å². The molecular weight excluding hydrogens is 448 g/mol. The average Bonchev–Trinajstić information content (AvgIpc) is 3.20. The van der Waals surface area contributed by atoms with E-state index in [1.807, 2.05) is 0 Å². The number of nitro groups is 1. The van der Waals surface area contributed by atoms with Gasteiger partial charge in [0.2, 0.25) is 5.91 Å². The van der Waals surface area contributed by atoms with E-state index < -0.39 is 22.7 Å². The second kappa shape index (κ2) is 11.8. The molecule has 1 fully saturated rings. The molecule has 1 heterocycles. The van der Waals surface area contributed by atoms with Crippen LogP contribution in [-0.2, 0) is 20.9 Å². The smallest absolute Gasteiger partial charge is 0.414 e. The van der Waals surface area contributed by atoms with Crippen LogP contribution in [0.3, 0.4) is 0 Å². The highest BCUT2D eigenvalue weighted by atomic mass is 16.6. The molecule has 0 saturated carbocycles. The number of nitrogens with one attached hydrogen (secondary N) is 2. The topological polar surface area (TPSA) is 178 Å². The van der Waals surface area contributed by atoms with Gasteiger partial charge in [0, 0.05) is 37.7 Å². The Morgan fingerprint density at radius 3 is 2.56 bits per heavy atom. The molecule has 0 aromatic heterocycles. The van der Waals surface area contributed by atoms with E-state index in [2.05, 4.69) is 15.6 Å². The van der Waals surface area contributed by atoms with Crippen LogP contribution in [0.15, 0.2) is 29.3 Å². The Morgan fingerprint density at radius 2 is 1.94 bits per heavy atom. The molecule has 1 aliphatic heterocycles. The largest absolute Gasteiger partial charge is 0.444 e. The van der Waals surface area contributed by atoms with E-state index in [0.29, 0.717) is 25.1 Å². The van der Waals surface area contributed by atoms with Gasteiger partial charge in [-0.15, -0.1) is 0 Å². The third kappa shape index (κ3) is 9.30. The van der Waals surface area contributed by atoms with E-state index in [1.165, 1.54) is 24.3 Å². The summed E-state index contributed by atoms with van der Waals surface area (Å²) in [6, 6.07) is 5.38. The highest BCUT2D eigenvalue weighted by Gasteiger charge is 2.30. The number of carbonyl (C=O) groups is 3. The van der Waals surface area contributed by atoms with E-state index in [-0.39, 0.29) is 43.2 Å². The van der Waals surface area contributed by atoms with Gasteiger partial charge >= 0.3 is 12.2 Å². The second-order valence-electron chi connectivity index (χ2n) is 8.62. The fourth-order valence-corrected chi connectivity index (χ4v) is 2.99. The van der Waals surface area contributed by atoms with Crippen molar-refractivity contribution in [1.82, 2.24) is 15.5 Å². The highest BCUT2D eigenvalue weighted by molar-refractivity contribution is 5.93. The van der Waals surface area contributed by atoms with Gasteiger partial charge in [0.25, 0.3) is 5.69 Å². The molecule has 0 aliphatic carbocycles. The maximum atomic E-state index is 12.1. The predicted molar refractivity (Wildman–Crippen MR) is 122 cm³/mol. The number of hydrogen-bond acceptors (Lipinski definition) is 8. The van der Waals surface area contributed by atoms with Crippen LogP contribution in [0.2, 0.25) is 0 Å². The Hall–Kier alpha value is -3.90. The predicted octanol–water partition coefficient (Wildman–Crippen LogP) is 1.65. The van der Waals surface area contributed by atoms with Crippen molar-refractivity contribution in [1.29, 1.82) is 0 Å². The second-order valence-corrected chi connectivity index (χ2v) is 8.62. The summed E-state index contributed by atoms with van der Waals surface area (Å²) in [6.07, 6.45) is -0.591. The van der Waals surface area contributed by atoms with Crippen LogP contribution in [0.5, 0.6) is 0 Å². The molecular formula is C21H30N6O7. The summed E-state index contributed by atoms with van der Waals surface area (Å²) in [5.74, 6) is -0.466. The maximum Gasteiger partial charge on any atom is 0.414 e. The van der Waals surface area contributed by atoms with E-state index in [0.717, 1.165) is 0 Å². The van der Waals surface area contributed by atoms with E-state index in [9.17, 15) is 24.5 Å². The van der Waals surface area contributed by atoms with Crippen molar-refractivity contribution in [2.75, 3.05) is 19.6 Å². The first-order valence-corrected chi connectivity index (χ1v) is 10.7. The van der Waals surface area contributed by atoms with Gasteiger partial charge in [-0.3, -0.25) is 25.2 Å². The molecule has 2 rings (SSSR count). The summed E-state index contributed by atoms with van der Waals surface area (Å²) >= 11 is 0. The number of nitrogens with zero attached hydrogens (tertiary/aromatic N) is 3. The number of hydrogen-bond donors (Lipinski definition) is 3. The summed E-state index contributed by atoms with van der Waals surface area (Å²) in [5.41, 5.74) is 5.53. The zero-order chi connectivity index (χ0) is 25.3. The van der Waals surface area contributed by atoms with Gasteiger partial charge in [-0.05, 0) is 44.9 Å². The van der Waals surface area contributed by atoms with Gasteiger partial charge in [0.1, 0.15) is 12.2 Å². The molecule has 1 atom stereocenters. The summed E-state index contributed by atoms with van der Waals surface area (Å²) < 4.78 is 10.3. The first-order valence-electron chi connectivity index (χ1n) is 10.7. The van der Waals surface area contributed by atoms with Crippen molar-refractivity contribution in [3.05, 3.63) is 39.9 Å². The molecule has 0 spiro atoms. The number of nitro benzene ring substituents is 1. The normalized spacial score (nSPS) is 16.0. The Bertz CT molecular complexity index is 927. The van der Waals surface area contributed by atoms with Crippen LogP contribution in [0.1, 0.15) is 39.2 Å². The molecule has 13 heteroatoms. The standard InChI is InChI=1S/C21H30N6O7/c1-21(2,3)34-20(30)26-11-9-15(12-26)24-17(28)8-10-23-18(22)25-19(29)33-13-14-4-6-16(7-5-14)27(31)32/h4-7,15H,8-13H2,1-3H3,(H,24,28)(H3,22,23,25,29)/t15-/m0/s1. The summed E-state index contributed by atoms with van der Waals surface area (Å²) in [6.45, 7) is 6.18. The molecule has 4 N–H and O–H groups in total. The Labute approximate surface area is 196 Å². The number of alkyl carbamates (subject to hydrolysis) is 1. The first kappa shape index (κ1) is 26.4. The highest BCUT2D eigenvalue weighted by Crippen LogP contribution is 2.15. The lowest BCUT2D eigenvalue weighted by Crippen LogP contribution is -2.40. The third-order valence-corrected chi connectivity index (χ3v) is 4.57. The monoisotopic (exact) mass is 478 g/mol. The molecule has 1 aromatic rings. The quantitative estimate of drug-likeness (QED) is 0.229. The molecule has 1 saturated heterocycles. The van der Waals surface area contributed by atoms with Gasteiger partial charge in [-0.1, -0.05) is 0 Å². The number of nitrogens with two attached hydrogens (primary N) is 1. The molecule has 0 radical (unpaired) electrons. The number of likely N-dealkylation sites (tertiary alicyclic amines) is 1. The fourth-order valence-electron chi connectivity index (χ4n) is 2.99. The number of benzene rings is 1. The first-order chi connectivity index (χ1) is 15.9. The fraction of sp³-hybridized carbons (Fsp3) is 0.524. The number of amides is 3.